The summed E-state index contributed by atoms with van der Waals surface area (Å²) in [5, 5.41) is 0. The first kappa shape index (κ1) is 15.0. The third-order valence-corrected chi connectivity index (χ3v) is 3.35. The van der Waals surface area contributed by atoms with Gasteiger partial charge in [-0.05, 0) is 25.8 Å². The van der Waals surface area contributed by atoms with Crippen LogP contribution in [0.5, 0.6) is 0 Å². The highest BCUT2D eigenvalue weighted by atomic mass is 16.2. The maximum absolute atomic E-state index is 12.0. The van der Waals surface area contributed by atoms with Crippen molar-refractivity contribution >= 4 is 11.8 Å². The Balaban J connectivity index is 2.36. The Morgan fingerprint density at radius 3 is 2.17 bits per heavy atom. The Kier molecular flexibility index (Phi) is 6.72. The van der Waals surface area contributed by atoms with Crippen molar-refractivity contribution in [3.05, 3.63) is 0 Å². The molecule has 5 nitrogen and oxygen atoms in total. The first-order valence-electron chi connectivity index (χ1n) is 6.94. The van der Waals surface area contributed by atoms with Gasteiger partial charge in [-0.3, -0.25) is 9.59 Å². The van der Waals surface area contributed by atoms with E-state index in [-0.39, 0.29) is 11.8 Å². The molecule has 0 bridgehead atoms. The summed E-state index contributed by atoms with van der Waals surface area (Å²) in [6, 6.07) is 0. The van der Waals surface area contributed by atoms with Crippen molar-refractivity contribution < 1.29 is 9.59 Å². The Bertz CT molecular complexity index is 281. The van der Waals surface area contributed by atoms with E-state index in [1.54, 1.807) is 0 Å². The quantitative estimate of drug-likeness (QED) is 0.731. The standard InChI is InChI=1S/C13H25N3O2/c1-2-12(17)15-8-5-9-16(11-10-15)13(18)6-3-4-7-14/h2-11,14H2,1H3. The molecule has 104 valence electrons. The molecule has 2 N–H and O–H groups in total. The highest BCUT2D eigenvalue weighted by molar-refractivity contribution is 5.77. The Morgan fingerprint density at radius 2 is 1.61 bits per heavy atom. The fraction of sp³-hybridized carbons (Fsp3) is 0.846. The Morgan fingerprint density at radius 1 is 1.00 bits per heavy atom. The van der Waals surface area contributed by atoms with Gasteiger partial charge in [0.1, 0.15) is 0 Å². The molecule has 1 aliphatic rings. The lowest BCUT2D eigenvalue weighted by atomic mass is 10.2. The lowest BCUT2D eigenvalue weighted by molar-refractivity contribution is -0.133. The van der Waals surface area contributed by atoms with Crippen molar-refractivity contribution in [3.8, 4) is 0 Å². The maximum atomic E-state index is 12.0. The summed E-state index contributed by atoms with van der Waals surface area (Å²) in [7, 11) is 0. The molecule has 0 aromatic carbocycles. The molecular formula is C13H25N3O2. The minimum absolute atomic E-state index is 0.187. The van der Waals surface area contributed by atoms with E-state index in [9.17, 15) is 9.59 Å². The van der Waals surface area contributed by atoms with Crippen LogP contribution in [-0.4, -0.2) is 54.3 Å². The van der Waals surface area contributed by atoms with Crippen LogP contribution in [0.3, 0.4) is 0 Å². The van der Waals surface area contributed by atoms with E-state index < -0.39 is 0 Å². The van der Waals surface area contributed by atoms with E-state index in [4.69, 9.17) is 5.73 Å². The molecule has 0 aliphatic carbocycles. The van der Waals surface area contributed by atoms with Crippen LogP contribution in [0, 0.1) is 0 Å². The van der Waals surface area contributed by atoms with Crippen molar-refractivity contribution in [2.45, 2.75) is 39.0 Å². The van der Waals surface area contributed by atoms with E-state index >= 15 is 0 Å². The van der Waals surface area contributed by atoms with Crippen LogP contribution in [0.25, 0.3) is 0 Å². The zero-order chi connectivity index (χ0) is 13.4. The van der Waals surface area contributed by atoms with Gasteiger partial charge in [0, 0.05) is 39.0 Å². The van der Waals surface area contributed by atoms with Gasteiger partial charge >= 0.3 is 0 Å². The van der Waals surface area contributed by atoms with Crippen LogP contribution in [0.1, 0.15) is 39.0 Å². The van der Waals surface area contributed by atoms with Crippen molar-refractivity contribution in [1.82, 2.24) is 9.80 Å². The fourth-order valence-electron chi connectivity index (χ4n) is 2.22. The van der Waals surface area contributed by atoms with Gasteiger partial charge in [0.15, 0.2) is 0 Å². The third kappa shape index (κ3) is 4.64. The number of hydrogen-bond donors (Lipinski definition) is 1. The first-order valence-corrected chi connectivity index (χ1v) is 6.94. The molecule has 1 saturated heterocycles. The van der Waals surface area contributed by atoms with Crippen molar-refractivity contribution in [1.29, 1.82) is 0 Å². The summed E-state index contributed by atoms with van der Waals surface area (Å²) < 4.78 is 0. The lowest BCUT2D eigenvalue weighted by Gasteiger charge is -2.22. The van der Waals surface area contributed by atoms with Gasteiger partial charge in [0.05, 0.1) is 0 Å². The summed E-state index contributed by atoms with van der Waals surface area (Å²) in [6.45, 7) is 5.42. The summed E-state index contributed by atoms with van der Waals surface area (Å²) in [4.78, 5) is 27.3. The predicted molar refractivity (Wildman–Crippen MR) is 71.0 cm³/mol. The average molecular weight is 255 g/mol. The van der Waals surface area contributed by atoms with Gasteiger partial charge in [-0.2, -0.15) is 0 Å². The number of nitrogens with zero attached hydrogens (tertiary/aromatic N) is 2. The van der Waals surface area contributed by atoms with Crippen LogP contribution in [0.15, 0.2) is 0 Å². The second-order valence-corrected chi connectivity index (χ2v) is 4.71. The molecule has 0 spiro atoms. The van der Waals surface area contributed by atoms with Crippen LogP contribution >= 0.6 is 0 Å². The number of carbonyl (C=O) groups excluding carboxylic acids is 2. The lowest BCUT2D eigenvalue weighted by Crippen LogP contribution is -2.37. The second-order valence-electron chi connectivity index (χ2n) is 4.71. The van der Waals surface area contributed by atoms with Gasteiger partial charge in [-0.1, -0.05) is 6.92 Å². The molecule has 1 fully saturated rings. The topological polar surface area (TPSA) is 66.6 Å². The maximum Gasteiger partial charge on any atom is 0.222 e. The number of nitrogens with two attached hydrogens (primary N) is 1. The zero-order valence-corrected chi connectivity index (χ0v) is 11.4. The summed E-state index contributed by atoms with van der Waals surface area (Å²) in [5.41, 5.74) is 5.42. The van der Waals surface area contributed by atoms with E-state index in [1.807, 2.05) is 16.7 Å². The van der Waals surface area contributed by atoms with Crippen molar-refractivity contribution in [3.63, 3.8) is 0 Å². The second kappa shape index (κ2) is 8.08. The summed E-state index contributed by atoms with van der Waals surface area (Å²) in [5.74, 6) is 0.390. The normalized spacial score (nSPS) is 16.6. The monoisotopic (exact) mass is 255 g/mol. The largest absolute Gasteiger partial charge is 0.341 e. The summed E-state index contributed by atoms with van der Waals surface area (Å²) in [6.07, 6.45) is 3.78. The fourth-order valence-corrected chi connectivity index (χ4v) is 2.22. The SMILES string of the molecule is CCC(=O)N1CCCN(C(=O)CCCCN)CC1. The van der Waals surface area contributed by atoms with Crippen LogP contribution in [0.4, 0.5) is 0 Å². The van der Waals surface area contributed by atoms with Gasteiger partial charge in [-0.25, -0.2) is 0 Å². The van der Waals surface area contributed by atoms with Gasteiger partial charge in [-0.15, -0.1) is 0 Å². The molecule has 0 unspecified atom stereocenters. The first-order chi connectivity index (χ1) is 8.69. The number of hydrogen-bond acceptors (Lipinski definition) is 3. The minimum atomic E-state index is 0.187. The predicted octanol–water partition coefficient (Wildman–Crippen LogP) is 0.586. The van der Waals surface area contributed by atoms with Gasteiger partial charge in [0.25, 0.3) is 0 Å². The molecular weight excluding hydrogens is 230 g/mol. The molecule has 1 heterocycles. The number of rotatable bonds is 5. The number of unbranched alkanes of at least 4 members (excludes halogenated alkanes) is 1. The number of carbonyl (C=O) groups is 2. The van der Waals surface area contributed by atoms with Crippen LogP contribution in [0.2, 0.25) is 0 Å². The van der Waals surface area contributed by atoms with E-state index in [0.29, 0.717) is 32.5 Å². The molecule has 0 saturated carbocycles. The minimum Gasteiger partial charge on any atom is -0.341 e. The molecule has 2 amide bonds. The molecule has 5 heteroatoms. The molecule has 1 rings (SSSR count). The van der Waals surface area contributed by atoms with Crippen LogP contribution < -0.4 is 5.73 Å². The molecule has 0 aromatic rings. The molecule has 1 aliphatic heterocycles. The Hall–Kier alpha value is -1.10. The van der Waals surface area contributed by atoms with E-state index in [1.165, 1.54) is 0 Å². The third-order valence-electron chi connectivity index (χ3n) is 3.35. The average Bonchev–Trinajstić information content (AvgIpc) is 2.63. The summed E-state index contributed by atoms with van der Waals surface area (Å²) >= 11 is 0. The molecule has 18 heavy (non-hydrogen) atoms. The Labute approximate surface area is 109 Å². The molecule has 0 aromatic heterocycles. The highest BCUT2D eigenvalue weighted by Crippen LogP contribution is 2.08. The van der Waals surface area contributed by atoms with Crippen molar-refractivity contribution in [2.75, 3.05) is 32.7 Å². The van der Waals surface area contributed by atoms with E-state index in [0.717, 1.165) is 32.4 Å². The van der Waals surface area contributed by atoms with Gasteiger partial charge < -0.3 is 15.5 Å². The number of amides is 2. The smallest absolute Gasteiger partial charge is 0.222 e. The van der Waals surface area contributed by atoms with Crippen molar-refractivity contribution in [2.24, 2.45) is 5.73 Å². The molecule has 0 atom stereocenters. The van der Waals surface area contributed by atoms with Crippen LogP contribution in [-0.2, 0) is 9.59 Å². The highest BCUT2D eigenvalue weighted by Gasteiger charge is 2.20. The van der Waals surface area contributed by atoms with E-state index in [2.05, 4.69) is 0 Å². The zero-order valence-electron chi connectivity index (χ0n) is 11.4. The van der Waals surface area contributed by atoms with Gasteiger partial charge in [0.2, 0.25) is 11.8 Å². The molecule has 0 radical (unpaired) electrons.